The molecule has 5 heteroatoms. The van der Waals surface area contributed by atoms with Crippen LogP contribution in [0.15, 0.2) is 182 Å². The zero-order valence-electron chi connectivity index (χ0n) is 45.6. The van der Waals surface area contributed by atoms with E-state index in [0.29, 0.717) is 0 Å². The molecule has 0 atom stereocenters. The van der Waals surface area contributed by atoms with Crippen molar-refractivity contribution in [3.8, 4) is 44.9 Å². The summed E-state index contributed by atoms with van der Waals surface area (Å²) in [5, 5.41) is 2.61. The van der Waals surface area contributed by atoms with Gasteiger partial charge in [0.2, 0.25) is 0 Å². The lowest BCUT2D eigenvalue weighted by Gasteiger charge is -2.42. The molecular weight excluding hydrogens is 910 g/mol. The zero-order valence-corrected chi connectivity index (χ0v) is 45.6. The third-order valence-electron chi connectivity index (χ3n) is 16.4. The van der Waals surface area contributed by atoms with Gasteiger partial charge in [0.15, 0.2) is 11.5 Å². The maximum Gasteiger partial charge on any atom is 0.333 e. The summed E-state index contributed by atoms with van der Waals surface area (Å²) in [4.78, 5) is 4.91. The van der Waals surface area contributed by atoms with Gasteiger partial charge in [-0.25, -0.2) is 0 Å². The monoisotopic (exact) mass is 976 g/mol. The smallest absolute Gasteiger partial charge is 0.333 e. The van der Waals surface area contributed by atoms with E-state index >= 15 is 0 Å². The van der Waals surface area contributed by atoms with E-state index in [2.05, 4.69) is 267 Å². The zero-order chi connectivity index (χ0) is 52.1. The van der Waals surface area contributed by atoms with Crippen molar-refractivity contribution >= 4 is 73.7 Å². The molecule has 75 heavy (non-hydrogen) atoms. The lowest BCUT2D eigenvalue weighted by atomic mass is 9.44. The fourth-order valence-electron chi connectivity index (χ4n) is 12.2. The van der Waals surface area contributed by atoms with Crippen molar-refractivity contribution < 1.29 is 4.74 Å². The number of ether oxygens (including phenoxy) is 1. The van der Waals surface area contributed by atoms with Gasteiger partial charge >= 0.3 is 6.85 Å². The topological polar surface area (TPSA) is 20.6 Å². The predicted octanol–water partition coefficient (Wildman–Crippen LogP) is 18.3. The van der Waals surface area contributed by atoms with Crippen molar-refractivity contribution in [3.63, 3.8) is 0 Å². The molecule has 0 radical (unpaired) electrons. The highest BCUT2D eigenvalue weighted by Crippen LogP contribution is 2.52. The minimum absolute atomic E-state index is 0.0448. The Hall–Kier alpha value is -7.76. The number of aromatic nitrogens is 1. The Morgan fingerprint density at radius 1 is 0.373 bits per heavy atom. The number of benzene rings is 9. The highest BCUT2D eigenvalue weighted by Gasteiger charge is 2.44. The highest BCUT2D eigenvalue weighted by molar-refractivity contribution is 6.90. The molecule has 3 aliphatic rings. The van der Waals surface area contributed by atoms with Gasteiger partial charge in [0.1, 0.15) is 0 Å². The number of hydrogen-bond donors (Lipinski definition) is 0. The summed E-state index contributed by atoms with van der Waals surface area (Å²) in [6, 6.07) is 68.8. The van der Waals surface area contributed by atoms with Gasteiger partial charge in [-0.05, 0) is 162 Å². The molecule has 10 aromatic rings. The molecule has 0 N–H and O–H groups in total. The van der Waals surface area contributed by atoms with Crippen LogP contribution >= 0.6 is 0 Å². The fraction of sp³-hybridized carbons (Fsp3) is 0.229. The van der Waals surface area contributed by atoms with Gasteiger partial charge in [-0.15, -0.1) is 0 Å². The van der Waals surface area contributed by atoms with Crippen molar-refractivity contribution in [2.24, 2.45) is 0 Å². The second-order valence-electron chi connectivity index (χ2n) is 25.5. The third-order valence-corrected chi connectivity index (χ3v) is 16.4. The first-order chi connectivity index (χ1) is 35.7. The van der Waals surface area contributed by atoms with E-state index in [1.54, 1.807) is 0 Å². The molecular formula is C70H66BN3O. The third kappa shape index (κ3) is 7.48. The molecule has 0 saturated heterocycles. The van der Waals surface area contributed by atoms with Gasteiger partial charge < -0.3 is 19.0 Å². The standard InChI is InChI=1S/C70H66BN3O/c1-67(2,3)46-27-31-50(32-28-46)72-58-36-30-48(69(7,8)9)41-56(58)71-65-54(40-49(42-61(65)72)70(10,11)12)53-34-33-52(64-55-39-47(68(4,5)6)29-35-57(55)74(71)66(53)64)45-21-17-19-43(37-45)44-20-18-22-51(38-44)73-59-23-13-15-25-62(59)75-63-26-16-14-24-60(63)73/h13-42H,1-12H3. The molecule has 0 unspecified atom stereocenters. The number of rotatable bonds is 4. The summed E-state index contributed by atoms with van der Waals surface area (Å²) < 4.78 is 9.16. The second kappa shape index (κ2) is 16.4. The normalized spacial score (nSPS) is 13.9. The summed E-state index contributed by atoms with van der Waals surface area (Å²) in [6.07, 6.45) is 0. The molecule has 0 aliphatic carbocycles. The number of para-hydroxylation sites is 4. The van der Waals surface area contributed by atoms with Gasteiger partial charge in [0.25, 0.3) is 0 Å². The van der Waals surface area contributed by atoms with Crippen LogP contribution in [0.1, 0.15) is 105 Å². The van der Waals surface area contributed by atoms with Crippen molar-refractivity contribution in [2.75, 3.05) is 9.80 Å². The Labute approximate surface area is 444 Å². The van der Waals surface area contributed by atoms with E-state index in [-0.39, 0.29) is 28.5 Å². The van der Waals surface area contributed by atoms with Crippen LogP contribution in [0.3, 0.4) is 0 Å². The van der Waals surface area contributed by atoms with E-state index in [1.807, 2.05) is 12.1 Å². The van der Waals surface area contributed by atoms with E-state index in [1.165, 1.54) is 99.9 Å². The SMILES string of the molecule is CC(C)(C)c1ccc(N2c3ccc(C(C)(C)C)cc3B3c4c(cc(C(C)(C)C)cc42)-c2ccc(-c4cccc(-c5cccc(N6c7ccccc7Oc7ccccc76)c5)c4)c4c5cc(C(C)(C)C)ccc5n3c24)cc1. The Bertz CT molecular complexity index is 3930. The summed E-state index contributed by atoms with van der Waals surface area (Å²) in [5.41, 5.74) is 24.6. The van der Waals surface area contributed by atoms with Crippen LogP contribution in [0.5, 0.6) is 11.5 Å². The molecule has 4 nitrogen and oxygen atoms in total. The van der Waals surface area contributed by atoms with Crippen molar-refractivity contribution in [3.05, 3.63) is 204 Å². The first-order valence-corrected chi connectivity index (χ1v) is 26.9. The minimum Gasteiger partial charge on any atom is -0.453 e. The Morgan fingerprint density at radius 3 is 1.60 bits per heavy atom. The average molecular weight is 976 g/mol. The molecule has 13 rings (SSSR count). The number of fused-ring (bicyclic) bond motifs is 9. The van der Waals surface area contributed by atoms with E-state index in [4.69, 9.17) is 4.74 Å². The van der Waals surface area contributed by atoms with Gasteiger partial charge in [-0.3, -0.25) is 0 Å². The molecule has 370 valence electrons. The minimum atomic E-state index is -0.101. The van der Waals surface area contributed by atoms with Crippen LogP contribution in [0.25, 0.3) is 55.2 Å². The Balaban J connectivity index is 1.06. The molecule has 0 amide bonds. The average Bonchev–Trinajstić information content (AvgIpc) is 3.78. The summed E-state index contributed by atoms with van der Waals surface area (Å²) in [7, 11) is 0. The Morgan fingerprint density at radius 2 is 0.933 bits per heavy atom. The van der Waals surface area contributed by atoms with Crippen molar-refractivity contribution in [1.29, 1.82) is 0 Å². The maximum absolute atomic E-state index is 6.41. The van der Waals surface area contributed by atoms with Crippen LogP contribution in [-0.2, 0) is 21.7 Å². The molecule has 0 spiro atoms. The second-order valence-corrected chi connectivity index (χ2v) is 25.5. The molecule has 9 aromatic carbocycles. The first-order valence-electron chi connectivity index (χ1n) is 26.9. The van der Waals surface area contributed by atoms with Gasteiger partial charge in [0.05, 0.1) is 11.4 Å². The molecule has 0 bridgehead atoms. The lowest BCUT2D eigenvalue weighted by molar-refractivity contribution is 0.477. The van der Waals surface area contributed by atoms with E-state index < -0.39 is 0 Å². The van der Waals surface area contributed by atoms with Gasteiger partial charge in [-0.1, -0.05) is 186 Å². The number of nitrogens with zero attached hydrogens (tertiary/aromatic N) is 3. The van der Waals surface area contributed by atoms with Crippen LogP contribution in [-0.4, -0.2) is 11.3 Å². The molecule has 3 aliphatic heterocycles. The summed E-state index contributed by atoms with van der Waals surface area (Å²) >= 11 is 0. The largest absolute Gasteiger partial charge is 0.453 e. The van der Waals surface area contributed by atoms with Gasteiger partial charge in [-0.2, -0.15) is 0 Å². The van der Waals surface area contributed by atoms with Crippen LogP contribution in [0.4, 0.5) is 34.1 Å². The van der Waals surface area contributed by atoms with Crippen LogP contribution in [0, 0.1) is 0 Å². The fourth-order valence-corrected chi connectivity index (χ4v) is 12.2. The first kappa shape index (κ1) is 47.0. The number of hydrogen-bond acceptors (Lipinski definition) is 3. The molecule has 4 heterocycles. The van der Waals surface area contributed by atoms with Crippen molar-refractivity contribution in [2.45, 2.75) is 105 Å². The summed E-state index contributed by atoms with van der Waals surface area (Å²) in [5.74, 6) is 1.70. The molecule has 1 aromatic heterocycles. The maximum atomic E-state index is 6.41. The predicted molar refractivity (Wildman–Crippen MR) is 320 cm³/mol. The number of anilines is 6. The Kier molecular flexibility index (Phi) is 10.3. The van der Waals surface area contributed by atoms with E-state index in [0.717, 1.165) is 34.1 Å². The molecule has 0 fully saturated rings. The van der Waals surface area contributed by atoms with Crippen LogP contribution < -0.4 is 25.5 Å². The molecule has 0 saturated carbocycles. The van der Waals surface area contributed by atoms with Crippen molar-refractivity contribution in [1.82, 2.24) is 4.48 Å². The lowest BCUT2D eigenvalue weighted by Crippen LogP contribution is -2.57. The quantitative estimate of drug-likeness (QED) is 0.164. The van der Waals surface area contributed by atoms with E-state index in [9.17, 15) is 0 Å². The highest BCUT2D eigenvalue weighted by atomic mass is 16.5. The summed E-state index contributed by atoms with van der Waals surface area (Å²) in [6.45, 7) is 28.0. The van der Waals surface area contributed by atoms with Gasteiger partial charge in [0, 0.05) is 50.1 Å². The van der Waals surface area contributed by atoms with Crippen LogP contribution in [0.2, 0.25) is 0 Å².